The van der Waals surface area contributed by atoms with Gasteiger partial charge in [-0.1, -0.05) is 35.9 Å². The van der Waals surface area contributed by atoms with E-state index in [4.69, 9.17) is 11.6 Å². The Labute approximate surface area is 117 Å². The Kier molecular flexibility index (Phi) is 4.37. The van der Waals surface area contributed by atoms with Gasteiger partial charge in [-0.25, -0.2) is 0 Å². The van der Waals surface area contributed by atoms with Crippen LogP contribution >= 0.6 is 11.6 Å². The SMILES string of the molecule is C=CCc1ccccc1NC(=O)c1ccc(Cl)cc1. The van der Waals surface area contributed by atoms with Crippen LogP contribution in [0.15, 0.2) is 61.2 Å². The maximum absolute atomic E-state index is 12.1. The first-order chi connectivity index (χ1) is 9.20. The number of hydrogen-bond acceptors (Lipinski definition) is 1. The Morgan fingerprint density at radius 2 is 1.84 bits per heavy atom. The summed E-state index contributed by atoms with van der Waals surface area (Å²) < 4.78 is 0. The number of benzene rings is 2. The maximum atomic E-state index is 12.1. The summed E-state index contributed by atoms with van der Waals surface area (Å²) in [6.07, 6.45) is 2.53. The highest BCUT2D eigenvalue weighted by Crippen LogP contribution is 2.17. The van der Waals surface area contributed by atoms with E-state index >= 15 is 0 Å². The Balaban J connectivity index is 2.19. The summed E-state index contributed by atoms with van der Waals surface area (Å²) in [4.78, 5) is 12.1. The van der Waals surface area contributed by atoms with Crippen molar-refractivity contribution in [3.8, 4) is 0 Å². The van der Waals surface area contributed by atoms with Crippen LogP contribution in [0.4, 0.5) is 5.69 Å². The van der Waals surface area contributed by atoms with Crippen LogP contribution in [-0.2, 0) is 6.42 Å². The molecule has 2 aromatic carbocycles. The number of hydrogen-bond donors (Lipinski definition) is 1. The normalized spacial score (nSPS) is 9.95. The van der Waals surface area contributed by atoms with Gasteiger partial charge in [0.1, 0.15) is 0 Å². The maximum Gasteiger partial charge on any atom is 0.255 e. The number of carbonyl (C=O) groups is 1. The van der Waals surface area contributed by atoms with Gasteiger partial charge >= 0.3 is 0 Å². The van der Waals surface area contributed by atoms with Crippen LogP contribution in [0.2, 0.25) is 5.02 Å². The summed E-state index contributed by atoms with van der Waals surface area (Å²) in [6, 6.07) is 14.5. The lowest BCUT2D eigenvalue weighted by molar-refractivity contribution is 0.102. The molecule has 0 saturated heterocycles. The van der Waals surface area contributed by atoms with Gasteiger partial charge < -0.3 is 5.32 Å². The molecule has 19 heavy (non-hydrogen) atoms. The lowest BCUT2D eigenvalue weighted by atomic mass is 10.1. The molecule has 0 unspecified atom stereocenters. The smallest absolute Gasteiger partial charge is 0.255 e. The molecule has 3 heteroatoms. The van der Waals surface area contributed by atoms with E-state index in [1.54, 1.807) is 24.3 Å². The number of rotatable bonds is 4. The first-order valence-electron chi connectivity index (χ1n) is 5.96. The number of nitrogens with one attached hydrogen (secondary N) is 1. The van der Waals surface area contributed by atoms with E-state index in [1.165, 1.54) is 0 Å². The minimum Gasteiger partial charge on any atom is -0.322 e. The highest BCUT2D eigenvalue weighted by Gasteiger charge is 2.08. The van der Waals surface area contributed by atoms with Gasteiger partial charge in [-0.15, -0.1) is 6.58 Å². The van der Waals surface area contributed by atoms with Crippen molar-refractivity contribution in [2.75, 3.05) is 5.32 Å². The molecule has 0 heterocycles. The predicted octanol–water partition coefficient (Wildman–Crippen LogP) is 4.32. The molecule has 0 atom stereocenters. The van der Waals surface area contributed by atoms with Crippen LogP contribution in [0.3, 0.4) is 0 Å². The first-order valence-corrected chi connectivity index (χ1v) is 6.34. The number of carbonyl (C=O) groups excluding carboxylic acids is 1. The van der Waals surface area contributed by atoms with E-state index in [1.807, 2.05) is 30.3 Å². The third-order valence-electron chi connectivity index (χ3n) is 2.74. The molecule has 1 N–H and O–H groups in total. The van der Waals surface area contributed by atoms with Crippen molar-refractivity contribution < 1.29 is 4.79 Å². The summed E-state index contributed by atoms with van der Waals surface area (Å²) in [7, 11) is 0. The molecular formula is C16H14ClNO. The molecule has 0 aliphatic rings. The second-order valence-corrected chi connectivity index (χ2v) is 4.55. The van der Waals surface area contributed by atoms with Gasteiger partial charge in [0.15, 0.2) is 0 Å². The van der Waals surface area contributed by atoms with Gasteiger partial charge in [0, 0.05) is 16.3 Å². The van der Waals surface area contributed by atoms with Gasteiger partial charge in [-0.2, -0.15) is 0 Å². The topological polar surface area (TPSA) is 29.1 Å². The molecule has 0 fully saturated rings. The fourth-order valence-electron chi connectivity index (χ4n) is 1.77. The highest BCUT2D eigenvalue weighted by atomic mass is 35.5. The van der Waals surface area contributed by atoms with E-state index in [2.05, 4.69) is 11.9 Å². The van der Waals surface area contributed by atoms with Crippen LogP contribution in [0, 0.1) is 0 Å². The molecular weight excluding hydrogens is 258 g/mol. The van der Waals surface area contributed by atoms with Crippen molar-refractivity contribution in [1.82, 2.24) is 0 Å². The van der Waals surface area contributed by atoms with Crippen LogP contribution in [-0.4, -0.2) is 5.91 Å². The zero-order valence-electron chi connectivity index (χ0n) is 10.4. The minimum absolute atomic E-state index is 0.145. The van der Waals surface area contributed by atoms with Crippen molar-refractivity contribution >= 4 is 23.2 Å². The molecule has 0 radical (unpaired) electrons. The Morgan fingerprint density at radius 1 is 1.16 bits per heavy atom. The molecule has 2 rings (SSSR count). The molecule has 2 nitrogen and oxygen atoms in total. The molecule has 96 valence electrons. The molecule has 0 spiro atoms. The molecule has 0 bridgehead atoms. The van der Waals surface area contributed by atoms with Gasteiger partial charge in [-0.3, -0.25) is 4.79 Å². The number of halogens is 1. The minimum atomic E-state index is -0.145. The molecule has 2 aromatic rings. The average Bonchev–Trinajstić information content (AvgIpc) is 2.42. The summed E-state index contributed by atoms with van der Waals surface area (Å²) in [5.74, 6) is -0.145. The summed E-state index contributed by atoms with van der Waals surface area (Å²) in [5, 5.41) is 3.52. The Morgan fingerprint density at radius 3 is 2.53 bits per heavy atom. The first kappa shape index (κ1) is 13.4. The molecule has 0 aliphatic heterocycles. The van der Waals surface area contributed by atoms with Gasteiger partial charge in [0.05, 0.1) is 0 Å². The van der Waals surface area contributed by atoms with Crippen molar-refractivity contribution in [1.29, 1.82) is 0 Å². The second kappa shape index (κ2) is 6.21. The number of para-hydroxylation sites is 1. The molecule has 1 amide bonds. The Bertz CT molecular complexity index is 590. The van der Waals surface area contributed by atoms with Crippen LogP contribution in [0.25, 0.3) is 0 Å². The highest BCUT2D eigenvalue weighted by molar-refractivity contribution is 6.30. The summed E-state index contributed by atoms with van der Waals surface area (Å²) in [6.45, 7) is 3.72. The van der Waals surface area contributed by atoms with Crippen molar-refractivity contribution in [3.05, 3.63) is 77.3 Å². The quantitative estimate of drug-likeness (QED) is 0.825. The average molecular weight is 272 g/mol. The monoisotopic (exact) mass is 271 g/mol. The van der Waals surface area contributed by atoms with Crippen molar-refractivity contribution in [3.63, 3.8) is 0 Å². The zero-order valence-corrected chi connectivity index (χ0v) is 11.2. The van der Waals surface area contributed by atoms with E-state index in [9.17, 15) is 4.79 Å². The predicted molar refractivity (Wildman–Crippen MR) is 79.7 cm³/mol. The molecule has 0 aliphatic carbocycles. The summed E-state index contributed by atoms with van der Waals surface area (Å²) >= 11 is 5.80. The van der Waals surface area contributed by atoms with Gasteiger partial charge in [-0.05, 0) is 42.3 Å². The van der Waals surface area contributed by atoms with Crippen molar-refractivity contribution in [2.24, 2.45) is 0 Å². The van der Waals surface area contributed by atoms with E-state index in [-0.39, 0.29) is 5.91 Å². The summed E-state index contributed by atoms with van der Waals surface area (Å²) in [5.41, 5.74) is 2.43. The standard InChI is InChI=1S/C16H14ClNO/c1-2-5-12-6-3-4-7-15(12)18-16(19)13-8-10-14(17)11-9-13/h2-4,6-11H,1,5H2,(H,18,19). The largest absolute Gasteiger partial charge is 0.322 e. The lowest BCUT2D eigenvalue weighted by Gasteiger charge is -2.09. The second-order valence-electron chi connectivity index (χ2n) is 4.11. The fourth-order valence-corrected chi connectivity index (χ4v) is 1.90. The van der Waals surface area contributed by atoms with Crippen LogP contribution < -0.4 is 5.32 Å². The van der Waals surface area contributed by atoms with E-state index in [0.29, 0.717) is 10.6 Å². The van der Waals surface area contributed by atoms with Crippen molar-refractivity contribution in [2.45, 2.75) is 6.42 Å². The number of allylic oxidation sites excluding steroid dienone is 1. The third kappa shape index (κ3) is 3.46. The number of amides is 1. The fraction of sp³-hybridized carbons (Fsp3) is 0.0625. The lowest BCUT2D eigenvalue weighted by Crippen LogP contribution is -2.13. The molecule has 0 aromatic heterocycles. The van der Waals surface area contributed by atoms with Crippen LogP contribution in [0.5, 0.6) is 0 Å². The third-order valence-corrected chi connectivity index (χ3v) is 2.99. The molecule has 0 saturated carbocycles. The van der Waals surface area contributed by atoms with Gasteiger partial charge in [0.25, 0.3) is 5.91 Å². The van der Waals surface area contributed by atoms with Crippen LogP contribution in [0.1, 0.15) is 15.9 Å². The van der Waals surface area contributed by atoms with Gasteiger partial charge in [0.2, 0.25) is 0 Å². The van der Waals surface area contributed by atoms with E-state index < -0.39 is 0 Å². The Hall–Kier alpha value is -2.06. The van der Waals surface area contributed by atoms with E-state index in [0.717, 1.165) is 17.7 Å². The number of anilines is 1. The zero-order chi connectivity index (χ0) is 13.7.